The SMILES string of the molecule is CCC(C)C(NC(=O)N(CC)CCO)C(=O)O. The van der Waals surface area contributed by atoms with Gasteiger partial charge in [-0.3, -0.25) is 0 Å². The van der Waals surface area contributed by atoms with Crippen molar-refractivity contribution in [2.24, 2.45) is 5.92 Å². The lowest BCUT2D eigenvalue weighted by atomic mass is 9.99. The van der Waals surface area contributed by atoms with Crippen LogP contribution in [0.3, 0.4) is 0 Å². The average Bonchev–Trinajstić information content (AvgIpc) is 2.31. The van der Waals surface area contributed by atoms with Crippen LogP contribution in [0.5, 0.6) is 0 Å². The average molecular weight is 246 g/mol. The quantitative estimate of drug-likeness (QED) is 0.610. The smallest absolute Gasteiger partial charge is 0.326 e. The number of likely N-dealkylation sites (N-methyl/N-ethyl adjacent to an activating group) is 1. The Hall–Kier alpha value is -1.30. The molecule has 100 valence electrons. The van der Waals surface area contributed by atoms with Gasteiger partial charge in [0.15, 0.2) is 0 Å². The van der Waals surface area contributed by atoms with Gasteiger partial charge in [0.1, 0.15) is 6.04 Å². The van der Waals surface area contributed by atoms with Gasteiger partial charge in [-0.25, -0.2) is 9.59 Å². The molecule has 0 aromatic heterocycles. The molecule has 0 aliphatic rings. The van der Waals surface area contributed by atoms with E-state index in [4.69, 9.17) is 10.2 Å². The highest BCUT2D eigenvalue weighted by atomic mass is 16.4. The molecular formula is C11H22N2O4. The van der Waals surface area contributed by atoms with Crippen molar-refractivity contribution in [3.8, 4) is 0 Å². The second-order valence-corrected chi connectivity index (χ2v) is 3.95. The zero-order chi connectivity index (χ0) is 13.4. The van der Waals surface area contributed by atoms with E-state index in [0.717, 1.165) is 0 Å². The number of aliphatic carboxylic acids is 1. The lowest BCUT2D eigenvalue weighted by Gasteiger charge is -2.25. The van der Waals surface area contributed by atoms with Crippen molar-refractivity contribution in [1.82, 2.24) is 10.2 Å². The van der Waals surface area contributed by atoms with Crippen LogP contribution in [0.25, 0.3) is 0 Å². The zero-order valence-electron chi connectivity index (χ0n) is 10.6. The number of carbonyl (C=O) groups excluding carboxylic acids is 1. The molecule has 0 bridgehead atoms. The Morgan fingerprint density at radius 3 is 2.29 bits per heavy atom. The van der Waals surface area contributed by atoms with E-state index < -0.39 is 18.0 Å². The number of rotatable bonds is 7. The van der Waals surface area contributed by atoms with E-state index >= 15 is 0 Å². The van der Waals surface area contributed by atoms with Gasteiger partial charge in [-0.1, -0.05) is 20.3 Å². The fourth-order valence-electron chi connectivity index (χ4n) is 1.43. The van der Waals surface area contributed by atoms with Crippen LogP contribution in [0.1, 0.15) is 27.2 Å². The molecule has 6 heteroatoms. The Morgan fingerprint density at radius 1 is 1.35 bits per heavy atom. The highest BCUT2D eigenvalue weighted by Crippen LogP contribution is 2.08. The number of amides is 2. The lowest BCUT2D eigenvalue weighted by molar-refractivity contribution is -0.140. The van der Waals surface area contributed by atoms with E-state index in [9.17, 15) is 9.59 Å². The number of carboxylic acid groups (broad SMARTS) is 1. The van der Waals surface area contributed by atoms with E-state index in [1.807, 2.05) is 6.92 Å². The maximum atomic E-state index is 11.7. The van der Waals surface area contributed by atoms with Gasteiger partial charge in [0, 0.05) is 13.1 Å². The molecule has 0 aromatic rings. The number of carboxylic acids is 1. The minimum Gasteiger partial charge on any atom is -0.480 e. The minimum atomic E-state index is -1.03. The van der Waals surface area contributed by atoms with Gasteiger partial charge in [-0.2, -0.15) is 0 Å². The molecule has 0 fully saturated rings. The van der Waals surface area contributed by atoms with Crippen molar-refractivity contribution in [2.45, 2.75) is 33.2 Å². The molecule has 0 rings (SSSR count). The Kier molecular flexibility index (Phi) is 7.29. The van der Waals surface area contributed by atoms with Crippen molar-refractivity contribution in [2.75, 3.05) is 19.7 Å². The lowest BCUT2D eigenvalue weighted by Crippen LogP contribution is -2.51. The van der Waals surface area contributed by atoms with E-state index in [2.05, 4.69) is 5.32 Å². The highest BCUT2D eigenvalue weighted by molar-refractivity contribution is 5.82. The third-order valence-corrected chi connectivity index (χ3v) is 2.80. The Bertz CT molecular complexity index is 258. The summed E-state index contributed by atoms with van der Waals surface area (Å²) in [6.45, 7) is 5.92. The van der Waals surface area contributed by atoms with Crippen molar-refractivity contribution in [3.63, 3.8) is 0 Å². The van der Waals surface area contributed by atoms with Crippen LogP contribution in [-0.2, 0) is 4.79 Å². The molecule has 0 saturated carbocycles. The molecule has 0 aromatic carbocycles. The molecule has 2 unspecified atom stereocenters. The summed E-state index contributed by atoms with van der Waals surface area (Å²) < 4.78 is 0. The number of carbonyl (C=O) groups is 2. The summed E-state index contributed by atoms with van der Waals surface area (Å²) in [5.74, 6) is -1.17. The number of aliphatic hydroxyl groups is 1. The Balaban J connectivity index is 4.53. The summed E-state index contributed by atoms with van der Waals surface area (Å²) in [4.78, 5) is 24.1. The van der Waals surface area contributed by atoms with Gasteiger partial charge < -0.3 is 20.4 Å². The summed E-state index contributed by atoms with van der Waals surface area (Å²) in [7, 11) is 0. The van der Waals surface area contributed by atoms with Crippen LogP contribution in [0, 0.1) is 5.92 Å². The maximum Gasteiger partial charge on any atom is 0.326 e. The topological polar surface area (TPSA) is 89.9 Å². The first kappa shape index (κ1) is 15.7. The molecule has 6 nitrogen and oxygen atoms in total. The molecule has 0 aliphatic heterocycles. The number of hydrogen-bond donors (Lipinski definition) is 3. The van der Waals surface area contributed by atoms with Crippen LogP contribution >= 0.6 is 0 Å². The van der Waals surface area contributed by atoms with E-state index in [0.29, 0.717) is 13.0 Å². The molecule has 2 amide bonds. The third kappa shape index (κ3) is 5.04. The monoisotopic (exact) mass is 246 g/mol. The van der Waals surface area contributed by atoms with Gasteiger partial charge >= 0.3 is 12.0 Å². The third-order valence-electron chi connectivity index (χ3n) is 2.80. The fourth-order valence-corrected chi connectivity index (χ4v) is 1.43. The molecular weight excluding hydrogens is 224 g/mol. The number of hydrogen-bond acceptors (Lipinski definition) is 3. The largest absolute Gasteiger partial charge is 0.480 e. The normalized spacial score (nSPS) is 13.9. The first-order valence-electron chi connectivity index (χ1n) is 5.86. The second-order valence-electron chi connectivity index (χ2n) is 3.95. The molecule has 3 N–H and O–H groups in total. The number of urea groups is 1. The standard InChI is InChI=1S/C11H22N2O4/c1-4-8(3)9(10(15)16)12-11(17)13(5-2)6-7-14/h8-9,14H,4-7H2,1-3H3,(H,12,17)(H,15,16). The fraction of sp³-hybridized carbons (Fsp3) is 0.818. The first-order valence-corrected chi connectivity index (χ1v) is 5.86. The van der Waals surface area contributed by atoms with Gasteiger partial charge in [0.25, 0.3) is 0 Å². The number of aliphatic hydroxyl groups excluding tert-OH is 1. The van der Waals surface area contributed by atoms with E-state index in [1.165, 1.54) is 4.90 Å². The number of nitrogens with one attached hydrogen (secondary N) is 1. The summed E-state index contributed by atoms with van der Waals surface area (Å²) in [5.41, 5.74) is 0. The highest BCUT2D eigenvalue weighted by Gasteiger charge is 2.26. The molecule has 0 spiro atoms. The van der Waals surface area contributed by atoms with Gasteiger partial charge in [-0.15, -0.1) is 0 Å². The maximum absolute atomic E-state index is 11.7. The number of nitrogens with zero attached hydrogens (tertiary/aromatic N) is 1. The van der Waals surface area contributed by atoms with Gasteiger partial charge in [0.05, 0.1) is 6.61 Å². The molecule has 0 saturated heterocycles. The molecule has 0 radical (unpaired) electrons. The second kappa shape index (κ2) is 7.89. The Morgan fingerprint density at radius 2 is 1.94 bits per heavy atom. The van der Waals surface area contributed by atoms with Crippen LogP contribution in [0.2, 0.25) is 0 Å². The van der Waals surface area contributed by atoms with Crippen molar-refractivity contribution in [3.05, 3.63) is 0 Å². The van der Waals surface area contributed by atoms with E-state index in [-0.39, 0.29) is 19.1 Å². The van der Waals surface area contributed by atoms with E-state index in [1.54, 1.807) is 13.8 Å². The van der Waals surface area contributed by atoms with Crippen molar-refractivity contribution < 1.29 is 19.8 Å². The predicted octanol–water partition coefficient (Wildman–Crippen LogP) is 0.509. The van der Waals surface area contributed by atoms with Crippen LogP contribution < -0.4 is 5.32 Å². The van der Waals surface area contributed by atoms with Crippen LogP contribution in [0.15, 0.2) is 0 Å². The van der Waals surface area contributed by atoms with Gasteiger partial charge in [0.2, 0.25) is 0 Å². The van der Waals surface area contributed by atoms with Crippen LogP contribution in [-0.4, -0.2) is 52.9 Å². The summed E-state index contributed by atoms with van der Waals surface area (Å²) >= 11 is 0. The Labute approximate surface area is 102 Å². The van der Waals surface area contributed by atoms with Gasteiger partial charge in [-0.05, 0) is 12.8 Å². The summed E-state index contributed by atoms with van der Waals surface area (Å²) in [5, 5.41) is 20.3. The zero-order valence-corrected chi connectivity index (χ0v) is 10.6. The molecule has 2 atom stereocenters. The minimum absolute atomic E-state index is 0.135. The first-order chi connectivity index (χ1) is 7.97. The molecule has 0 heterocycles. The van der Waals surface area contributed by atoms with Crippen molar-refractivity contribution >= 4 is 12.0 Å². The molecule has 0 aliphatic carbocycles. The predicted molar refractivity (Wildman–Crippen MR) is 63.7 cm³/mol. The molecule has 17 heavy (non-hydrogen) atoms. The summed E-state index contributed by atoms with van der Waals surface area (Å²) in [6, 6.07) is -1.34. The van der Waals surface area contributed by atoms with Crippen LogP contribution in [0.4, 0.5) is 4.79 Å². The van der Waals surface area contributed by atoms with Crippen molar-refractivity contribution in [1.29, 1.82) is 0 Å². The summed E-state index contributed by atoms with van der Waals surface area (Å²) in [6.07, 6.45) is 0.670.